The van der Waals surface area contributed by atoms with Gasteiger partial charge in [-0.2, -0.15) is 0 Å². The molecule has 22 heteroatoms. The molecule has 3 saturated heterocycles. The molecule has 3 heterocycles. The van der Waals surface area contributed by atoms with Crippen molar-refractivity contribution >= 4 is 17.8 Å². The van der Waals surface area contributed by atoms with Gasteiger partial charge in [0.05, 0.1) is 47.3 Å². The molecule has 8 N–H and O–H groups in total. The van der Waals surface area contributed by atoms with E-state index in [0.29, 0.717) is 25.0 Å². The van der Waals surface area contributed by atoms with Gasteiger partial charge < -0.3 is 93.2 Å². The van der Waals surface area contributed by atoms with Crippen LogP contribution in [0.15, 0.2) is 48.5 Å². The molecule has 3 aliphatic heterocycles. The van der Waals surface area contributed by atoms with E-state index in [1.54, 1.807) is 0 Å². The minimum Gasteiger partial charge on any atom is -0.493 e. The molecular weight excluding hydrogens is 987 g/mol. The summed E-state index contributed by atoms with van der Waals surface area (Å²) >= 11 is 0. The molecule has 6 rings (SSSR count). The number of rotatable bonds is 28. The molecule has 16 atom stereocenters. The fourth-order valence-corrected chi connectivity index (χ4v) is 10.0. The number of hydrogen-bond donors (Lipinski definition) is 8. The van der Waals surface area contributed by atoms with Crippen molar-refractivity contribution in [1.29, 1.82) is 0 Å². The highest BCUT2D eigenvalue weighted by atomic mass is 16.8. The summed E-state index contributed by atoms with van der Waals surface area (Å²) in [6.07, 6.45) is -14.5. The summed E-state index contributed by atoms with van der Waals surface area (Å²) in [5.74, 6) is -1.68. The Morgan fingerprint density at radius 3 is 2.05 bits per heavy atom. The van der Waals surface area contributed by atoms with Crippen molar-refractivity contribution in [2.45, 2.75) is 195 Å². The van der Waals surface area contributed by atoms with E-state index in [1.165, 1.54) is 46.5 Å². The second kappa shape index (κ2) is 30.1. The van der Waals surface area contributed by atoms with Gasteiger partial charge in [-0.05, 0) is 55.9 Å². The van der Waals surface area contributed by atoms with E-state index in [0.717, 1.165) is 63.4 Å². The van der Waals surface area contributed by atoms with Crippen LogP contribution in [0.25, 0.3) is 0 Å². The number of carboxylic acids is 1. The Balaban J connectivity index is 1.37. The first-order valence-corrected chi connectivity index (χ1v) is 26.2. The minimum atomic E-state index is -1.93. The predicted molar refractivity (Wildman–Crippen MR) is 263 cm³/mol. The van der Waals surface area contributed by atoms with E-state index in [4.69, 9.17) is 52.1 Å². The van der Waals surface area contributed by atoms with Gasteiger partial charge >= 0.3 is 11.9 Å². The molecule has 0 aromatic heterocycles. The third-order valence-electron chi connectivity index (χ3n) is 14.4. The number of unbranched alkanes of at least 4 members (excludes halogenated alkanes) is 5. The van der Waals surface area contributed by atoms with Gasteiger partial charge in [-0.3, -0.25) is 9.59 Å². The van der Waals surface area contributed by atoms with Crippen LogP contribution in [-0.2, 0) is 58.8 Å². The summed E-state index contributed by atoms with van der Waals surface area (Å²) in [4.78, 5) is 38.9. The Morgan fingerprint density at radius 2 is 1.37 bits per heavy atom. The van der Waals surface area contributed by atoms with E-state index in [1.807, 2.05) is 30.3 Å². The number of esters is 1. The molecule has 0 radical (unpaired) electrons. The number of aliphatic carboxylic acids is 1. The Morgan fingerprint density at radius 1 is 0.707 bits per heavy atom. The largest absolute Gasteiger partial charge is 0.493 e. The van der Waals surface area contributed by atoms with Crippen LogP contribution >= 0.6 is 0 Å². The van der Waals surface area contributed by atoms with Crippen molar-refractivity contribution in [3.8, 4) is 11.5 Å². The molecule has 75 heavy (non-hydrogen) atoms. The van der Waals surface area contributed by atoms with Gasteiger partial charge in [0.25, 0.3) is 5.91 Å². The monoisotopic (exact) mass is 1070 g/mol. The first-order valence-electron chi connectivity index (χ1n) is 26.2. The lowest BCUT2D eigenvalue weighted by Crippen LogP contribution is -2.70. The third-order valence-corrected chi connectivity index (χ3v) is 14.4. The molecule has 4 fully saturated rings. The van der Waals surface area contributed by atoms with Crippen LogP contribution in [0, 0.1) is 5.92 Å². The molecule has 1 amide bonds. The number of carbonyl (C=O) groups excluding carboxylic acids is 2. The number of hydrogen-bond acceptors (Lipinski definition) is 20. The molecule has 2 aromatic carbocycles. The van der Waals surface area contributed by atoms with Crippen LogP contribution in [0.1, 0.15) is 106 Å². The van der Waals surface area contributed by atoms with Gasteiger partial charge in [-0.25, -0.2) is 4.79 Å². The van der Waals surface area contributed by atoms with Gasteiger partial charge in [0.2, 0.25) is 0 Å². The van der Waals surface area contributed by atoms with Crippen molar-refractivity contribution in [3.63, 3.8) is 0 Å². The first kappa shape index (κ1) is 60.1. The molecule has 4 aliphatic rings. The molecule has 22 nitrogen and oxygen atoms in total. The molecular formula is C53H79NO21. The van der Waals surface area contributed by atoms with Crippen LogP contribution in [-0.4, -0.2) is 193 Å². The number of aliphatic hydroxyl groups is 6. The van der Waals surface area contributed by atoms with Crippen molar-refractivity contribution < 1.29 is 102 Å². The van der Waals surface area contributed by atoms with Gasteiger partial charge in [0.1, 0.15) is 67.1 Å². The highest BCUT2D eigenvalue weighted by Gasteiger charge is 2.56. The second-order valence-electron chi connectivity index (χ2n) is 19.7. The Hall–Kier alpha value is -4.11. The van der Waals surface area contributed by atoms with E-state index in [2.05, 4.69) is 5.32 Å². The van der Waals surface area contributed by atoms with Crippen LogP contribution < -0.4 is 14.8 Å². The number of benzene rings is 2. The summed E-state index contributed by atoms with van der Waals surface area (Å²) in [5, 5.41) is 80.7. The molecule has 0 unspecified atom stereocenters. The highest BCUT2D eigenvalue weighted by Crippen LogP contribution is 2.37. The normalized spacial score (nSPS) is 31.8. The summed E-state index contributed by atoms with van der Waals surface area (Å²) < 4.78 is 66.5. The SMILES string of the molecule is COC(=O)CCCCCCCCO[C@@H]1O[C@H](COCc2ccccc2)[C@@H](O[C@@H]2O[C@H](CO)[C@H](O)[C@H](O[C@@H](CC3CCCCC3)C(=O)O)[C@H]2O)[C@H](O[C@@H]2O[C@@H](C)[C@@H](O)[C@@H](O)[C@@H]2O)[C@H]1NC(=O)c1ccc(OC)c(OC)c1. The van der Waals surface area contributed by atoms with E-state index < -0.39 is 117 Å². The van der Waals surface area contributed by atoms with E-state index in [9.17, 15) is 50.1 Å². The quantitative estimate of drug-likeness (QED) is 0.0448. The topological polar surface area (TPSA) is 306 Å². The minimum absolute atomic E-state index is 0.0221. The number of nitrogens with one attached hydrogen (secondary N) is 1. The lowest BCUT2D eigenvalue weighted by Gasteiger charge is -2.50. The summed E-state index contributed by atoms with van der Waals surface area (Å²) in [6, 6.07) is 12.3. The van der Waals surface area contributed by atoms with Crippen LogP contribution in [0.3, 0.4) is 0 Å². The lowest BCUT2D eigenvalue weighted by molar-refractivity contribution is -0.376. The summed E-state index contributed by atoms with van der Waals surface area (Å²) in [6.45, 7) is 0.545. The number of carboxylic acid groups (broad SMARTS) is 1. The Kier molecular flexibility index (Phi) is 24.2. The summed E-state index contributed by atoms with van der Waals surface area (Å²) in [5.41, 5.74) is 0.889. The van der Waals surface area contributed by atoms with Gasteiger partial charge in [-0.15, -0.1) is 0 Å². The molecule has 422 valence electrons. The number of aliphatic hydroxyl groups excluding tert-OH is 6. The van der Waals surface area contributed by atoms with E-state index in [-0.39, 0.29) is 49.4 Å². The summed E-state index contributed by atoms with van der Waals surface area (Å²) in [7, 11) is 4.20. The predicted octanol–water partition coefficient (Wildman–Crippen LogP) is 2.51. The fourth-order valence-electron chi connectivity index (χ4n) is 10.0. The molecule has 2 aromatic rings. The van der Waals surface area contributed by atoms with Crippen molar-refractivity contribution in [2.75, 3.05) is 41.2 Å². The number of carbonyl (C=O) groups is 3. The zero-order valence-corrected chi connectivity index (χ0v) is 43.3. The Labute approximate surface area is 437 Å². The maximum Gasteiger partial charge on any atom is 0.332 e. The molecule has 0 spiro atoms. The van der Waals surface area contributed by atoms with Crippen molar-refractivity contribution in [2.24, 2.45) is 5.92 Å². The van der Waals surface area contributed by atoms with Gasteiger partial charge in [0, 0.05) is 18.6 Å². The smallest absolute Gasteiger partial charge is 0.332 e. The maximum absolute atomic E-state index is 14.6. The number of amides is 1. The van der Waals surface area contributed by atoms with Gasteiger partial charge in [0.15, 0.2) is 36.5 Å². The zero-order chi connectivity index (χ0) is 54.0. The molecule has 1 saturated carbocycles. The lowest BCUT2D eigenvalue weighted by atomic mass is 9.85. The molecule has 0 bridgehead atoms. The standard InChI is InChI=1S/C53H79NO21/c1-30-41(57)43(59)44(60)52(70-30)75-47-40(54-49(62)33-22-23-34(65-2)35(26-33)66-3)51(69-24-16-8-6-5-7-15-21-39(56)67-4)73-38(29-68-28-32-19-13-10-14-20-32)46(47)74-53-45(61)48(42(58)37(27-55)72-53)71-36(50(63)64)25-31-17-11-9-12-18-31/h10,13-14,19-20,22-23,26,30-31,36-38,40-48,51-53,55,57-61H,5-9,11-12,15-18,21,24-25,27-29H2,1-4H3,(H,54,62)(H,63,64)/t30-,36-,37+,38+,40+,41+,42-,43+,44-,45+,46+,47+,48-,51+,52-,53-/m0/s1. The van der Waals surface area contributed by atoms with Crippen molar-refractivity contribution in [1.82, 2.24) is 5.32 Å². The van der Waals surface area contributed by atoms with Crippen LogP contribution in [0.2, 0.25) is 0 Å². The molecule has 1 aliphatic carbocycles. The van der Waals surface area contributed by atoms with Crippen molar-refractivity contribution in [3.05, 3.63) is 59.7 Å². The first-order chi connectivity index (χ1) is 36.2. The average molecular weight is 1070 g/mol. The average Bonchev–Trinajstić information content (AvgIpc) is 3.42. The van der Waals surface area contributed by atoms with Crippen LogP contribution in [0.4, 0.5) is 0 Å². The van der Waals surface area contributed by atoms with E-state index >= 15 is 0 Å². The van der Waals surface area contributed by atoms with Gasteiger partial charge in [-0.1, -0.05) is 88.1 Å². The third kappa shape index (κ3) is 16.7. The fraction of sp³-hybridized carbons (Fsp3) is 0.717. The Bertz CT molecular complexity index is 2030. The zero-order valence-electron chi connectivity index (χ0n) is 43.3. The number of methoxy groups -OCH3 is 3. The van der Waals surface area contributed by atoms with Crippen LogP contribution in [0.5, 0.6) is 11.5 Å². The number of ether oxygens (including phenoxy) is 11. The highest BCUT2D eigenvalue weighted by molar-refractivity contribution is 5.95. The second-order valence-corrected chi connectivity index (χ2v) is 19.7. The maximum atomic E-state index is 14.6.